The molecule has 1 rings (SSSR count). The predicted molar refractivity (Wildman–Crippen MR) is 202 cm³/mol. The van der Waals surface area contributed by atoms with Gasteiger partial charge in [-0.15, -0.1) is 0 Å². The van der Waals surface area contributed by atoms with Crippen LogP contribution in [0.1, 0.15) is 106 Å². The first-order chi connectivity index (χ1) is 23.6. The van der Waals surface area contributed by atoms with Crippen LogP contribution in [0, 0.1) is 5.41 Å². The highest BCUT2D eigenvalue weighted by Gasteiger charge is 2.37. The summed E-state index contributed by atoms with van der Waals surface area (Å²) < 4.78 is 71.5. The Kier molecular flexibility index (Phi) is 27.8. The quantitative estimate of drug-likeness (QED) is 0.0443. The number of hydrogen-bond acceptors (Lipinski definition) is 12. The van der Waals surface area contributed by atoms with Crippen molar-refractivity contribution < 1.29 is 53.4 Å². The molecular formula is C35H70O12SSi2. The highest BCUT2D eigenvalue weighted by Crippen LogP contribution is 2.27. The van der Waals surface area contributed by atoms with E-state index >= 15 is 0 Å². The average Bonchev–Trinajstić information content (AvgIpc) is 3.09. The van der Waals surface area contributed by atoms with E-state index in [2.05, 4.69) is 13.8 Å². The van der Waals surface area contributed by atoms with Crippen molar-refractivity contribution in [2.24, 2.45) is 5.41 Å². The van der Waals surface area contributed by atoms with Crippen LogP contribution in [0.25, 0.3) is 0 Å². The highest BCUT2D eigenvalue weighted by molar-refractivity contribution is 7.86. The lowest BCUT2D eigenvalue weighted by molar-refractivity contribution is -0.155. The van der Waals surface area contributed by atoms with Crippen LogP contribution in [0.3, 0.4) is 0 Å². The zero-order valence-electron chi connectivity index (χ0n) is 33.5. The van der Waals surface area contributed by atoms with Crippen LogP contribution in [-0.2, 0) is 55.1 Å². The van der Waals surface area contributed by atoms with Gasteiger partial charge in [0.25, 0.3) is 10.1 Å². The van der Waals surface area contributed by atoms with Gasteiger partial charge in [-0.3, -0.25) is 8.98 Å². The van der Waals surface area contributed by atoms with Gasteiger partial charge in [0.15, 0.2) is 0 Å². The Morgan fingerprint density at radius 2 is 1.26 bits per heavy atom. The molecule has 12 nitrogen and oxygen atoms in total. The van der Waals surface area contributed by atoms with Crippen LogP contribution < -0.4 is 0 Å². The van der Waals surface area contributed by atoms with Gasteiger partial charge in [0, 0.05) is 60.9 Å². The van der Waals surface area contributed by atoms with Crippen LogP contribution >= 0.6 is 0 Å². The summed E-state index contributed by atoms with van der Waals surface area (Å²) in [5.74, 6) is 0.345. The molecule has 0 amide bonds. The zero-order chi connectivity index (χ0) is 38.9. The van der Waals surface area contributed by atoms with E-state index in [1.165, 1.54) is 12.7 Å². The second kappa shape index (κ2) is 27.4. The molecular weight excluding hydrogens is 701 g/mol. The third kappa shape index (κ3) is 19.0. The Morgan fingerprint density at radius 3 is 1.62 bits per heavy atom. The van der Waals surface area contributed by atoms with Gasteiger partial charge in [0.1, 0.15) is 0 Å². The van der Waals surface area contributed by atoms with Crippen molar-refractivity contribution in [2.75, 3.05) is 61.5 Å². The topological polar surface area (TPSA) is 134 Å². The van der Waals surface area contributed by atoms with E-state index in [0.29, 0.717) is 44.8 Å². The lowest BCUT2D eigenvalue weighted by Crippen LogP contribution is -2.42. The van der Waals surface area contributed by atoms with Crippen LogP contribution in [-0.4, -0.2) is 99.6 Å². The third-order valence-electron chi connectivity index (χ3n) is 8.38. The molecule has 0 aromatic heterocycles. The number of rotatable bonds is 24. The van der Waals surface area contributed by atoms with Crippen molar-refractivity contribution in [2.45, 2.75) is 124 Å². The summed E-state index contributed by atoms with van der Waals surface area (Å²) in [5, 5.41) is 0. The molecule has 1 aromatic rings. The van der Waals surface area contributed by atoms with Crippen LogP contribution in [0.5, 0.6) is 0 Å². The molecule has 0 aliphatic carbocycles. The minimum Gasteiger partial charge on any atom is -0.465 e. The summed E-state index contributed by atoms with van der Waals surface area (Å²) >= 11 is 0. The average molecular weight is 771 g/mol. The van der Waals surface area contributed by atoms with Gasteiger partial charge < -0.3 is 36.0 Å². The first-order valence-corrected chi connectivity index (χ1v) is 23.4. The summed E-state index contributed by atoms with van der Waals surface area (Å²) in [7, 11) is -2.26. The Labute approximate surface area is 307 Å². The second-order valence-corrected chi connectivity index (χ2v) is 19.1. The van der Waals surface area contributed by atoms with E-state index in [4.69, 9.17) is 40.2 Å². The molecule has 0 N–H and O–H groups in total. The maximum absolute atomic E-state index is 12.1. The Morgan fingerprint density at radius 1 is 0.800 bits per heavy atom. The molecule has 1 atom stereocenters. The Balaban J connectivity index is 0. The predicted octanol–water partition coefficient (Wildman–Crippen LogP) is 7.62. The smallest absolute Gasteiger partial charge is 0.465 e. The molecule has 15 heteroatoms. The van der Waals surface area contributed by atoms with E-state index in [1.807, 2.05) is 60.2 Å². The van der Waals surface area contributed by atoms with Crippen LogP contribution in [0.2, 0.25) is 12.6 Å². The molecule has 0 aliphatic rings. The largest absolute Gasteiger partial charge is 0.500 e. The van der Waals surface area contributed by atoms with Gasteiger partial charge in [-0.25, -0.2) is 0 Å². The summed E-state index contributed by atoms with van der Waals surface area (Å²) in [6, 6.07) is 7.60. The first kappa shape index (κ1) is 50.9. The molecule has 50 heavy (non-hydrogen) atoms. The zero-order valence-corrected chi connectivity index (χ0v) is 36.4. The van der Waals surface area contributed by atoms with Crippen molar-refractivity contribution in [3.05, 3.63) is 29.8 Å². The van der Waals surface area contributed by atoms with Gasteiger partial charge in [0.05, 0.1) is 29.6 Å². The molecule has 0 fully saturated rings. The third-order valence-corrected chi connectivity index (χ3v) is 15.1. The molecule has 0 spiro atoms. The minimum atomic E-state index is -3.72. The molecule has 1 unspecified atom stereocenters. The number of methoxy groups -OCH3 is 1. The minimum absolute atomic E-state index is 0.128. The fraction of sp³-hybridized carbons (Fsp3) is 0.800. The van der Waals surface area contributed by atoms with Crippen LogP contribution in [0.15, 0.2) is 29.2 Å². The van der Waals surface area contributed by atoms with E-state index in [9.17, 15) is 13.2 Å². The second-order valence-electron chi connectivity index (χ2n) is 11.9. The van der Waals surface area contributed by atoms with Crippen LogP contribution in [0.4, 0.5) is 0 Å². The van der Waals surface area contributed by atoms with E-state index in [-0.39, 0.29) is 22.9 Å². The molecule has 0 saturated carbocycles. The fourth-order valence-electron chi connectivity index (χ4n) is 4.84. The number of carbonyl (C=O) groups excluding carboxylic acids is 1. The van der Waals surface area contributed by atoms with Gasteiger partial charge >= 0.3 is 23.6 Å². The number of esters is 1. The maximum Gasteiger partial charge on any atom is 0.500 e. The molecule has 0 saturated heterocycles. The first-order valence-electron chi connectivity index (χ1n) is 17.8. The number of benzene rings is 1. The number of ether oxygens (including phenoxy) is 2. The molecule has 1 aromatic carbocycles. The summed E-state index contributed by atoms with van der Waals surface area (Å²) in [5.41, 5.74) is 0.789. The van der Waals surface area contributed by atoms with Gasteiger partial charge in [-0.2, -0.15) is 8.42 Å². The van der Waals surface area contributed by atoms with Gasteiger partial charge in [-0.1, -0.05) is 39.8 Å². The maximum atomic E-state index is 12.1. The standard InChI is InChI=1S/C15H24O4S.C13H28O5Si.C7H18O3Si/c1-5-13(6-2)14-7-9-15(10-8-14)20(16,17)19-12(3)11-18-4;1-7-13(3,8-2)12(14)18-10-9-11-19(15-4,16-5)17-6;1-5-8-11(4,9-6-2)10-7-3/h7-10,12-13H,5-6,11H2,1-4H3;7-11H2,1-6H3;5-7H2,1-4H3. The molecule has 296 valence electrons. The fourth-order valence-corrected chi connectivity index (χ4v) is 9.42. The van der Waals surface area contributed by atoms with Gasteiger partial charge in [0.2, 0.25) is 0 Å². The number of hydrogen-bond donors (Lipinski definition) is 0. The van der Waals surface area contributed by atoms with Crippen molar-refractivity contribution in [1.82, 2.24) is 0 Å². The summed E-state index contributed by atoms with van der Waals surface area (Å²) in [4.78, 5) is 12.1. The van der Waals surface area contributed by atoms with Crippen molar-refractivity contribution >= 4 is 33.7 Å². The van der Waals surface area contributed by atoms with E-state index in [1.54, 1.807) is 40.4 Å². The van der Waals surface area contributed by atoms with Crippen molar-refractivity contribution in [3.8, 4) is 0 Å². The molecule has 0 aliphatic heterocycles. The molecule has 0 radical (unpaired) electrons. The monoisotopic (exact) mass is 770 g/mol. The van der Waals surface area contributed by atoms with E-state index < -0.39 is 33.8 Å². The normalized spacial score (nSPS) is 12.9. The van der Waals surface area contributed by atoms with E-state index in [0.717, 1.165) is 25.7 Å². The summed E-state index contributed by atoms with van der Waals surface area (Å²) in [6.45, 7) is 22.2. The van der Waals surface area contributed by atoms with Gasteiger partial charge in [-0.05, 0) is 90.3 Å². The molecule has 0 bridgehead atoms. The lowest BCUT2D eigenvalue weighted by atomic mass is 9.85. The Bertz CT molecular complexity index is 1070. The van der Waals surface area contributed by atoms with Crippen molar-refractivity contribution in [1.29, 1.82) is 0 Å². The SMILES string of the molecule is CCC(C)(CC)C(=O)OCCC[Si](OC)(OC)OC.CCC(CC)c1ccc(S(=O)(=O)OC(C)COC)cc1.CCO[Si](C)(OCC)OCC. The van der Waals surface area contributed by atoms with Crippen molar-refractivity contribution in [3.63, 3.8) is 0 Å². The molecule has 0 heterocycles. The lowest BCUT2D eigenvalue weighted by Gasteiger charge is -2.26. The number of carbonyl (C=O) groups is 1. The highest BCUT2D eigenvalue weighted by atomic mass is 32.2. The Hall–Kier alpha value is -1.25. The summed E-state index contributed by atoms with van der Waals surface area (Å²) in [6.07, 6.45) is 3.85.